The quantitative estimate of drug-likeness (QED) is 0.494. The largest absolute Gasteiger partial charge is 0.455 e. The first-order valence-electron chi connectivity index (χ1n) is 2.87. The van der Waals surface area contributed by atoms with E-state index >= 15 is 0 Å². The van der Waals surface area contributed by atoms with Crippen molar-refractivity contribution in [3.8, 4) is 0 Å². The maximum absolute atomic E-state index is 10.5. The van der Waals surface area contributed by atoms with Crippen LogP contribution in [0.25, 0.3) is 0 Å². The lowest BCUT2D eigenvalue weighted by Gasteiger charge is -2.21. The maximum Gasteiger partial charge on any atom is 0.330 e. The fourth-order valence-corrected chi connectivity index (χ4v) is 1.20. The van der Waals surface area contributed by atoms with Crippen LogP contribution in [0.4, 0.5) is 0 Å². The first kappa shape index (κ1) is 7.75. The molecule has 0 aromatic heterocycles. The van der Waals surface area contributed by atoms with Crippen LogP contribution in [-0.2, 0) is 9.53 Å². The summed E-state index contributed by atoms with van der Waals surface area (Å²) >= 11 is 3.11. The highest BCUT2D eigenvalue weighted by atomic mass is 79.9. The Morgan fingerprint density at radius 3 is 3.00 bits per heavy atom. The second-order valence-corrected chi connectivity index (χ2v) is 2.63. The van der Waals surface area contributed by atoms with Crippen molar-refractivity contribution in [2.24, 2.45) is 0 Å². The molecule has 0 fully saturated rings. The summed E-state index contributed by atoms with van der Waals surface area (Å²) in [5, 5.41) is 9.56. The summed E-state index contributed by atoms with van der Waals surface area (Å²) in [4.78, 5) is 10.5. The van der Waals surface area contributed by atoms with E-state index in [2.05, 4.69) is 15.9 Å². The van der Waals surface area contributed by atoms with Gasteiger partial charge in [-0.05, 0) is 6.08 Å². The number of esters is 1. The summed E-state index contributed by atoms with van der Waals surface area (Å²) in [6.45, 7) is 0. The summed E-state index contributed by atoms with van der Waals surface area (Å²) in [6, 6.07) is 0. The van der Waals surface area contributed by atoms with E-state index in [0.29, 0.717) is 5.33 Å². The van der Waals surface area contributed by atoms with Crippen molar-refractivity contribution in [3.05, 3.63) is 12.2 Å². The lowest BCUT2D eigenvalue weighted by Crippen LogP contribution is -2.34. The van der Waals surface area contributed by atoms with Gasteiger partial charge in [-0.1, -0.05) is 15.9 Å². The molecule has 1 heterocycles. The van der Waals surface area contributed by atoms with E-state index in [-0.39, 0.29) is 0 Å². The molecule has 3 nitrogen and oxygen atoms in total. The Bertz CT molecular complexity index is 166. The number of hydrogen-bond acceptors (Lipinski definition) is 3. The van der Waals surface area contributed by atoms with Crippen LogP contribution in [0, 0.1) is 0 Å². The molecule has 0 spiro atoms. The highest BCUT2D eigenvalue weighted by Crippen LogP contribution is 2.10. The number of rotatable bonds is 1. The van der Waals surface area contributed by atoms with Crippen molar-refractivity contribution in [1.29, 1.82) is 0 Å². The average molecular weight is 207 g/mol. The highest BCUT2D eigenvalue weighted by Gasteiger charge is 2.22. The molecule has 4 heteroatoms. The molecule has 56 valence electrons. The molecule has 0 aromatic carbocycles. The van der Waals surface area contributed by atoms with E-state index < -0.39 is 18.2 Å². The Morgan fingerprint density at radius 1 is 1.80 bits per heavy atom. The van der Waals surface area contributed by atoms with Gasteiger partial charge in [-0.15, -0.1) is 0 Å². The number of carbonyl (C=O) groups excluding carboxylic acids is 1. The number of halogens is 1. The molecule has 1 rings (SSSR count). The first-order chi connectivity index (χ1) is 4.74. The van der Waals surface area contributed by atoms with Crippen molar-refractivity contribution >= 4 is 21.9 Å². The predicted molar refractivity (Wildman–Crippen MR) is 38.8 cm³/mol. The molecule has 0 bridgehead atoms. The molecule has 1 N–H and O–H groups in total. The van der Waals surface area contributed by atoms with Crippen LogP contribution in [0.3, 0.4) is 0 Å². The van der Waals surface area contributed by atoms with Gasteiger partial charge in [0.1, 0.15) is 12.2 Å². The van der Waals surface area contributed by atoms with Crippen molar-refractivity contribution in [2.45, 2.75) is 12.2 Å². The van der Waals surface area contributed by atoms with E-state index in [4.69, 9.17) is 9.84 Å². The van der Waals surface area contributed by atoms with Gasteiger partial charge in [-0.2, -0.15) is 0 Å². The van der Waals surface area contributed by atoms with Gasteiger partial charge >= 0.3 is 5.97 Å². The van der Waals surface area contributed by atoms with Crippen LogP contribution in [0.2, 0.25) is 0 Å². The molecule has 0 saturated carbocycles. The molecule has 2 atom stereocenters. The lowest BCUT2D eigenvalue weighted by molar-refractivity contribution is -0.147. The fraction of sp³-hybridized carbons (Fsp3) is 0.500. The summed E-state index contributed by atoms with van der Waals surface area (Å²) in [7, 11) is 0. The van der Waals surface area contributed by atoms with Crippen molar-refractivity contribution in [3.63, 3.8) is 0 Å². The van der Waals surface area contributed by atoms with Gasteiger partial charge in [0.05, 0.1) is 0 Å². The Labute approximate surface area is 66.8 Å². The number of hydrogen-bond donors (Lipinski definition) is 1. The Balaban J connectivity index is 2.62. The molecule has 0 unspecified atom stereocenters. The third-order valence-corrected chi connectivity index (χ3v) is 1.87. The molecule has 0 aliphatic carbocycles. The summed E-state index contributed by atoms with van der Waals surface area (Å²) in [5.41, 5.74) is 0. The number of aliphatic hydroxyl groups excluding tert-OH is 1. The van der Waals surface area contributed by atoms with Gasteiger partial charge < -0.3 is 9.84 Å². The average Bonchev–Trinajstić information content (AvgIpc) is 1.94. The molecule has 10 heavy (non-hydrogen) atoms. The first-order valence-corrected chi connectivity index (χ1v) is 3.99. The number of carbonyl (C=O) groups is 1. The second-order valence-electron chi connectivity index (χ2n) is 1.98. The molecule has 1 aliphatic rings. The van der Waals surface area contributed by atoms with Gasteiger partial charge in [0, 0.05) is 11.4 Å². The third-order valence-electron chi connectivity index (χ3n) is 1.23. The van der Waals surface area contributed by atoms with E-state index in [1.807, 2.05) is 0 Å². The molecular weight excluding hydrogens is 200 g/mol. The minimum Gasteiger partial charge on any atom is -0.455 e. The zero-order chi connectivity index (χ0) is 7.56. The number of aliphatic hydroxyl groups is 1. The Hall–Kier alpha value is -0.350. The topological polar surface area (TPSA) is 46.5 Å². The Kier molecular flexibility index (Phi) is 2.45. The maximum atomic E-state index is 10.5. The summed E-state index contributed by atoms with van der Waals surface area (Å²) in [5.74, 6) is -0.394. The van der Waals surface area contributed by atoms with Crippen LogP contribution < -0.4 is 0 Å². The van der Waals surface area contributed by atoms with Gasteiger partial charge in [0.25, 0.3) is 0 Å². The molecule has 0 aromatic rings. The summed E-state index contributed by atoms with van der Waals surface area (Å²) in [6.07, 6.45) is 1.55. The van der Waals surface area contributed by atoms with Crippen LogP contribution in [0.1, 0.15) is 0 Å². The second kappa shape index (κ2) is 3.16. The van der Waals surface area contributed by atoms with Crippen LogP contribution in [-0.4, -0.2) is 28.6 Å². The van der Waals surface area contributed by atoms with Gasteiger partial charge in [-0.3, -0.25) is 0 Å². The van der Waals surface area contributed by atoms with Gasteiger partial charge in [0.2, 0.25) is 0 Å². The minimum atomic E-state index is -0.669. The van der Waals surface area contributed by atoms with E-state index in [1.54, 1.807) is 0 Å². The van der Waals surface area contributed by atoms with Crippen LogP contribution >= 0.6 is 15.9 Å². The minimum absolute atomic E-state index is 0.394. The zero-order valence-electron chi connectivity index (χ0n) is 5.16. The monoisotopic (exact) mass is 206 g/mol. The number of alkyl halides is 1. The molecule has 0 amide bonds. The smallest absolute Gasteiger partial charge is 0.330 e. The Morgan fingerprint density at radius 2 is 2.50 bits per heavy atom. The predicted octanol–water partition coefficient (Wildman–Crippen LogP) is 0.224. The molecule has 1 aliphatic heterocycles. The van der Waals surface area contributed by atoms with Crippen molar-refractivity contribution in [2.75, 3.05) is 5.33 Å². The molecule has 0 saturated heterocycles. The van der Waals surface area contributed by atoms with Crippen molar-refractivity contribution in [1.82, 2.24) is 0 Å². The molecular formula is C6H7BrO3. The lowest BCUT2D eigenvalue weighted by atomic mass is 10.2. The SMILES string of the molecule is O=C1C=C[C@@H](O)[C@@H](CBr)O1. The van der Waals surface area contributed by atoms with Gasteiger partial charge in [0.15, 0.2) is 0 Å². The van der Waals surface area contributed by atoms with Crippen LogP contribution in [0.15, 0.2) is 12.2 Å². The van der Waals surface area contributed by atoms with E-state index in [0.717, 1.165) is 0 Å². The standard InChI is InChI=1S/C6H7BrO3/c7-3-5-4(8)1-2-6(9)10-5/h1-2,4-5,8H,3H2/t4-,5-/m1/s1. The van der Waals surface area contributed by atoms with Crippen molar-refractivity contribution < 1.29 is 14.6 Å². The third kappa shape index (κ3) is 1.58. The number of cyclic esters (lactones) is 1. The van der Waals surface area contributed by atoms with Gasteiger partial charge in [-0.25, -0.2) is 4.79 Å². The fourth-order valence-electron chi connectivity index (χ4n) is 0.682. The molecule has 0 radical (unpaired) electrons. The summed E-state index contributed by atoms with van der Waals surface area (Å²) < 4.78 is 4.73. The van der Waals surface area contributed by atoms with Crippen LogP contribution in [0.5, 0.6) is 0 Å². The zero-order valence-corrected chi connectivity index (χ0v) is 6.74. The normalized spacial score (nSPS) is 32.0. The van der Waals surface area contributed by atoms with E-state index in [1.165, 1.54) is 12.2 Å². The number of ether oxygens (including phenoxy) is 1. The highest BCUT2D eigenvalue weighted by molar-refractivity contribution is 9.09. The van der Waals surface area contributed by atoms with E-state index in [9.17, 15) is 4.79 Å².